The first kappa shape index (κ1) is 14.6. The van der Waals surface area contributed by atoms with Crippen molar-refractivity contribution in [3.63, 3.8) is 0 Å². The summed E-state index contributed by atoms with van der Waals surface area (Å²) >= 11 is 4.87. The van der Waals surface area contributed by atoms with Crippen LogP contribution in [0.3, 0.4) is 0 Å². The number of thioether (sulfide) groups is 2. The molecule has 0 bridgehead atoms. The van der Waals surface area contributed by atoms with Crippen LogP contribution < -0.4 is 10.5 Å². The van der Waals surface area contributed by atoms with E-state index in [1.165, 1.54) is 5.56 Å². The van der Waals surface area contributed by atoms with Gasteiger partial charge in [0.2, 0.25) is 0 Å². The second-order valence-electron chi connectivity index (χ2n) is 3.65. The third kappa shape index (κ3) is 3.85. The van der Waals surface area contributed by atoms with E-state index < -0.39 is 0 Å². The maximum absolute atomic E-state index is 5.86. The van der Waals surface area contributed by atoms with E-state index in [0.717, 1.165) is 14.4 Å². The Bertz CT molecular complexity index is 515. The van der Waals surface area contributed by atoms with E-state index in [0.29, 0.717) is 6.54 Å². The summed E-state index contributed by atoms with van der Waals surface area (Å²) in [5, 5.41) is 8.45. The number of benzene rings is 1. The molecule has 1 unspecified atom stereocenters. The maximum atomic E-state index is 5.86. The normalized spacial score (nSPS) is 12.4. The van der Waals surface area contributed by atoms with E-state index in [2.05, 4.69) is 10.2 Å². The summed E-state index contributed by atoms with van der Waals surface area (Å²) in [5.41, 5.74) is 7.04. The zero-order chi connectivity index (χ0) is 13.7. The van der Waals surface area contributed by atoms with Gasteiger partial charge in [-0.3, -0.25) is 0 Å². The molecule has 0 radical (unpaired) electrons. The van der Waals surface area contributed by atoms with Gasteiger partial charge in [0.15, 0.2) is 8.68 Å². The van der Waals surface area contributed by atoms with Crippen LogP contribution >= 0.6 is 34.9 Å². The van der Waals surface area contributed by atoms with E-state index >= 15 is 0 Å². The Morgan fingerprint density at radius 2 is 1.95 bits per heavy atom. The van der Waals surface area contributed by atoms with Crippen molar-refractivity contribution in [2.75, 3.05) is 19.9 Å². The summed E-state index contributed by atoms with van der Waals surface area (Å²) in [6.07, 6.45) is 2.00. The van der Waals surface area contributed by atoms with Crippen LogP contribution in [-0.4, -0.2) is 30.1 Å². The molecule has 0 aliphatic rings. The molecule has 1 heterocycles. The second kappa shape index (κ2) is 7.14. The quantitative estimate of drug-likeness (QED) is 0.827. The zero-order valence-electron chi connectivity index (χ0n) is 10.7. The van der Waals surface area contributed by atoms with Crippen LogP contribution in [0.25, 0.3) is 0 Å². The fourth-order valence-corrected chi connectivity index (χ4v) is 4.18. The number of nitrogens with zero attached hydrogens (tertiary/aromatic N) is 2. The lowest BCUT2D eigenvalue weighted by molar-refractivity contribution is 0.414. The van der Waals surface area contributed by atoms with Crippen LogP contribution in [-0.2, 0) is 0 Å². The predicted octanol–water partition coefficient (Wildman–Crippen LogP) is 3.06. The number of ether oxygens (including phenoxy) is 1. The highest BCUT2D eigenvalue weighted by atomic mass is 32.2. The van der Waals surface area contributed by atoms with Gasteiger partial charge in [-0.05, 0) is 24.0 Å². The van der Waals surface area contributed by atoms with Crippen molar-refractivity contribution in [3.05, 3.63) is 29.8 Å². The van der Waals surface area contributed by atoms with Crippen molar-refractivity contribution < 1.29 is 4.74 Å². The summed E-state index contributed by atoms with van der Waals surface area (Å²) in [5.74, 6) is 0.852. The molecule has 102 valence electrons. The maximum Gasteiger partial charge on any atom is 0.175 e. The first-order chi connectivity index (χ1) is 9.26. The number of hydrogen-bond acceptors (Lipinski definition) is 7. The van der Waals surface area contributed by atoms with E-state index in [1.807, 2.05) is 30.5 Å². The first-order valence-corrected chi connectivity index (χ1v) is 8.57. The van der Waals surface area contributed by atoms with Gasteiger partial charge in [0, 0.05) is 11.8 Å². The minimum absolute atomic E-state index is 0.188. The molecule has 1 atom stereocenters. The minimum atomic E-state index is 0.188. The number of aromatic nitrogens is 2. The van der Waals surface area contributed by atoms with Crippen molar-refractivity contribution >= 4 is 34.9 Å². The molecule has 2 rings (SSSR count). The molecule has 0 aliphatic carbocycles. The first-order valence-electron chi connectivity index (χ1n) is 5.65. The fraction of sp³-hybridized carbons (Fsp3) is 0.333. The monoisotopic (exact) mass is 313 g/mol. The van der Waals surface area contributed by atoms with Gasteiger partial charge in [-0.1, -0.05) is 47.0 Å². The van der Waals surface area contributed by atoms with Gasteiger partial charge in [-0.2, -0.15) is 0 Å². The van der Waals surface area contributed by atoms with Gasteiger partial charge < -0.3 is 10.5 Å². The van der Waals surface area contributed by atoms with Gasteiger partial charge in [-0.15, -0.1) is 10.2 Å². The Morgan fingerprint density at radius 3 is 2.47 bits per heavy atom. The van der Waals surface area contributed by atoms with E-state index in [4.69, 9.17) is 10.5 Å². The third-order valence-corrected chi connectivity index (χ3v) is 5.77. The highest BCUT2D eigenvalue weighted by Gasteiger charge is 2.14. The van der Waals surface area contributed by atoms with Gasteiger partial charge >= 0.3 is 0 Å². The topological polar surface area (TPSA) is 61.0 Å². The Kier molecular flexibility index (Phi) is 5.50. The fourth-order valence-electron chi connectivity index (χ4n) is 1.52. The van der Waals surface area contributed by atoms with Crippen LogP contribution in [0.15, 0.2) is 32.9 Å². The number of rotatable bonds is 6. The Labute approximate surface area is 125 Å². The molecule has 0 saturated carbocycles. The molecule has 0 saturated heterocycles. The van der Waals surface area contributed by atoms with Crippen molar-refractivity contribution in [1.82, 2.24) is 10.2 Å². The standard InChI is InChI=1S/C12H15N3OS3/c1-16-9-5-3-8(4-6-9)10(7-13)18-12-15-14-11(17-2)19-12/h3-6,10H,7,13H2,1-2H3. The molecule has 2 aromatic rings. The zero-order valence-corrected chi connectivity index (χ0v) is 13.1. The second-order valence-corrected chi connectivity index (χ2v) is 7.13. The molecule has 0 spiro atoms. The molecular weight excluding hydrogens is 298 g/mol. The minimum Gasteiger partial charge on any atom is -0.497 e. The molecule has 0 aliphatic heterocycles. The summed E-state index contributed by atoms with van der Waals surface area (Å²) in [6.45, 7) is 0.561. The summed E-state index contributed by atoms with van der Waals surface area (Å²) < 4.78 is 7.09. The molecule has 7 heteroatoms. The molecule has 0 amide bonds. The lowest BCUT2D eigenvalue weighted by atomic mass is 10.1. The largest absolute Gasteiger partial charge is 0.497 e. The highest BCUT2D eigenvalue weighted by molar-refractivity contribution is 8.03. The molecule has 0 fully saturated rings. The highest BCUT2D eigenvalue weighted by Crippen LogP contribution is 2.37. The average molecular weight is 313 g/mol. The van der Waals surface area contributed by atoms with E-state index in [1.54, 1.807) is 42.0 Å². The lowest BCUT2D eigenvalue weighted by Crippen LogP contribution is -2.09. The summed E-state index contributed by atoms with van der Waals surface area (Å²) in [6, 6.07) is 7.98. The van der Waals surface area contributed by atoms with E-state index in [-0.39, 0.29) is 5.25 Å². The Morgan fingerprint density at radius 1 is 1.26 bits per heavy atom. The van der Waals surface area contributed by atoms with Gasteiger partial charge in [0.1, 0.15) is 5.75 Å². The van der Waals surface area contributed by atoms with Gasteiger partial charge in [-0.25, -0.2) is 0 Å². The van der Waals surface area contributed by atoms with Crippen LogP contribution in [0.1, 0.15) is 10.8 Å². The molecule has 19 heavy (non-hydrogen) atoms. The predicted molar refractivity (Wildman–Crippen MR) is 82.3 cm³/mol. The SMILES string of the molecule is COc1ccc(C(CN)Sc2nnc(SC)s2)cc1. The molecule has 2 N–H and O–H groups in total. The van der Waals surface area contributed by atoms with Crippen LogP contribution in [0.5, 0.6) is 5.75 Å². The van der Waals surface area contributed by atoms with Crippen LogP contribution in [0, 0.1) is 0 Å². The van der Waals surface area contributed by atoms with Gasteiger partial charge in [0.05, 0.1) is 7.11 Å². The van der Waals surface area contributed by atoms with E-state index in [9.17, 15) is 0 Å². The van der Waals surface area contributed by atoms with Crippen LogP contribution in [0.2, 0.25) is 0 Å². The molecule has 4 nitrogen and oxygen atoms in total. The molecule has 1 aromatic carbocycles. The smallest absolute Gasteiger partial charge is 0.175 e. The lowest BCUT2D eigenvalue weighted by Gasteiger charge is -2.13. The number of hydrogen-bond donors (Lipinski definition) is 1. The number of nitrogens with two attached hydrogens (primary N) is 1. The third-order valence-electron chi connectivity index (χ3n) is 2.51. The summed E-state index contributed by atoms with van der Waals surface area (Å²) in [7, 11) is 1.66. The van der Waals surface area contributed by atoms with Crippen molar-refractivity contribution in [3.8, 4) is 5.75 Å². The Hall–Kier alpha value is -0.760. The van der Waals surface area contributed by atoms with Crippen molar-refractivity contribution in [2.45, 2.75) is 13.9 Å². The van der Waals surface area contributed by atoms with Crippen molar-refractivity contribution in [2.24, 2.45) is 5.73 Å². The van der Waals surface area contributed by atoms with Crippen molar-refractivity contribution in [1.29, 1.82) is 0 Å². The van der Waals surface area contributed by atoms with Crippen LogP contribution in [0.4, 0.5) is 0 Å². The Balaban J connectivity index is 2.10. The molecular formula is C12H15N3OS3. The van der Waals surface area contributed by atoms with Gasteiger partial charge in [0.25, 0.3) is 0 Å². The average Bonchev–Trinajstić information content (AvgIpc) is 2.92. The number of methoxy groups -OCH3 is 1. The molecule has 1 aromatic heterocycles. The summed E-state index contributed by atoms with van der Waals surface area (Å²) in [4.78, 5) is 0.